The smallest absolute Gasteiger partial charge is 0.314 e. The van der Waals surface area contributed by atoms with Gasteiger partial charge in [-0.05, 0) is 19.1 Å². The fourth-order valence-electron chi connectivity index (χ4n) is 1.43. The van der Waals surface area contributed by atoms with Gasteiger partial charge in [0.05, 0.1) is 18.1 Å². The van der Waals surface area contributed by atoms with Gasteiger partial charge >= 0.3 is 5.69 Å². The lowest BCUT2D eigenvalue weighted by atomic mass is 10.2. The molecule has 108 valence electrons. The van der Waals surface area contributed by atoms with Crippen molar-refractivity contribution in [3.05, 3.63) is 41.0 Å². The Morgan fingerprint density at radius 1 is 1.60 bits per heavy atom. The van der Waals surface area contributed by atoms with Crippen LogP contribution in [0.3, 0.4) is 0 Å². The summed E-state index contributed by atoms with van der Waals surface area (Å²) in [5.41, 5.74) is -0.257. The molecule has 0 aliphatic heterocycles. The summed E-state index contributed by atoms with van der Waals surface area (Å²) in [7, 11) is 1.41. The van der Waals surface area contributed by atoms with Crippen LogP contribution in [-0.4, -0.2) is 30.6 Å². The van der Waals surface area contributed by atoms with Gasteiger partial charge in [0.15, 0.2) is 11.9 Å². The Morgan fingerprint density at radius 3 is 2.85 bits per heavy atom. The molecule has 0 saturated heterocycles. The van der Waals surface area contributed by atoms with Crippen molar-refractivity contribution in [1.82, 2.24) is 5.32 Å². The standard InChI is InChI=1S/C13H16N2O5/c1-4-7-14-13(16)9(2)20-12-6-5-10(19-3)8-11(12)15(17)18/h4-6,8-9H,1,7H2,2-3H3,(H,14,16)/t9-/m0/s1. The minimum Gasteiger partial charge on any atom is -0.496 e. The second-order valence-electron chi connectivity index (χ2n) is 3.88. The number of carbonyl (C=O) groups is 1. The molecule has 0 aliphatic rings. The number of rotatable bonds is 7. The summed E-state index contributed by atoms with van der Waals surface area (Å²) in [6, 6.07) is 4.16. The molecule has 7 nitrogen and oxygen atoms in total. The van der Waals surface area contributed by atoms with Crippen molar-refractivity contribution in [2.24, 2.45) is 0 Å². The summed E-state index contributed by atoms with van der Waals surface area (Å²) < 4.78 is 10.2. The number of nitro groups is 1. The van der Waals surface area contributed by atoms with Gasteiger partial charge in [-0.3, -0.25) is 14.9 Å². The van der Waals surface area contributed by atoms with Crippen LogP contribution < -0.4 is 14.8 Å². The van der Waals surface area contributed by atoms with Gasteiger partial charge in [0.2, 0.25) is 0 Å². The highest BCUT2D eigenvalue weighted by Gasteiger charge is 2.21. The third kappa shape index (κ3) is 3.98. The Bertz CT molecular complexity index is 515. The molecular weight excluding hydrogens is 264 g/mol. The number of nitrogens with zero attached hydrogens (tertiary/aromatic N) is 1. The van der Waals surface area contributed by atoms with Crippen molar-refractivity contribution in [3.63, 3.8) is 0 Å². The molecule has 0 aromatic heterocycles. The molecule has 1 atom stereocenters. The average molecular weight is 280 g/mol. The van der Waals surface area contributed by atoms with Crippen molar-refractivity contribution in [2.45, 2.75) is 13.0 Å². The lowest BCUT2D eigenvalue weighted by Crippen LogP contribution is -2.36. The maximum absolute atomic E-state index is 11.6. The van der Waals surface area contributed by atoms with Gasteiger partial charge in [-0.1, -0.05) is 6.08 Å². The highest BCUT2D eigenvalue weighted by molar-refractivity contribution is 5.81. The van der Waals surface area contributed by atoms with E-state index >= 15 is 0 Å². The minimum absolute atomic E-state index is 0.0112. The first-order chi connectivity index (χ1) is 9.49. The van der Waals surface area contributed by atoms with E-state index < -0.39 is 11.0 Å². The second kappa shape index (κ2) is 7.13. The molecular formula is C13H16N2O5. The first-order valence-electron chi connectivity index (χ1n) is 5.87. The third-order valence-corrected chi connectivity index (χ3v) is 2.46. The van der Waals surface area contributed by atoms with Gasteiger partial charge in [0, 0.05) is 6.54 Å². The number of methoxy groups -OCH3 is 1. The maximum atomic E-state index is 11.6. The van der Waals surface area contributed by atoms with Gasteiger partial charge < -0.3 is 14.8 Å². The van der Waals surface area contributed by atoms with Crippen LogP contribution in [0.15, 0.2) is 30.9 Å². The summed E-state index contributed by atoms with van der Waals surface area (Å²) in [4.78, 5) is 22.0. The zero-order valence-corrected chi connectivity index (χ0v) is 11.3. The quantitative estimate of drug-likeness (QED) is 0.466. The summed E-state index contributed by atoms with van der Waals surface area (Å²) in [5, 5.41) is 13.5. The summed E-state index contributed by atoms with van der Waals surface area (Å²) in [6.07, 6.45) is 0.669. The average Bonchev–Trinajstić information content (AvgIpc) is 2.44. The SMILES string of the molecule is C=CCNC(=O)[C@H](C)Oc1ccc(OC)cc1[N+](=O)[O-]. The number of amides is 1. The molecule has 7 heteroatoms. The summed E-state index contributed by atoms with van der Waals surface area (Å²) >= 11 is 0. The normalized spacial score (nSPS) is 11.3. The largest absolute Gasteiger partial charge is 0.496 e. The van der Waals surface area contributed by atoms with Crippen LogP contribution in [0.5, 0.6) is 11.5 Å². The van der Waals surface area contributed by atoms with Crippen molar-refractivity contribution >= 4 is 11.6 Å². The van der Waals surface area contributed by atoms with E-state index in [-0.39, 0.29) is 17.3 Å². The Morgan fingerprint density at radius 2 is 2.30 bits per heavy atom. The van der Waals surface area contributed by atoms with E-state index in [1.807, 2.05) is 0 Å². The monoisotopic (exact) mass is 280 g/mol. The van der Waals surface area contributed by atoms with E-state index in [2.05, 4.69) is 11.9 Å². The van der Waals surface area contributed by atoms with Gasteiger partial charge in [-0.25, -0.2) is 0 Å². The highest BCUT2D eigenvalue weighted by atomic mass is 16.6. The number of nitrogens with one attached hydrogen (secondary N) is 1. The highest BCUT2D eigenvalue weighted by Crippen LogP contribution is 2.31. The van der Waals surface area contributed by atoms with Crippen LogP contribution >= 0.6 is 0 Å². The van der Waals surface area contributed by atoms with Crippen molar-refractivity contribution < 1.29 is 19.2 Å². The van der Waals surface area contributed by atoms with Crippen LogP contribution in [0.2, 0.25) is 0 Å². The molecule has 20 heavy (non-hydrogen) atoms. The van der Waals surface area contributed by atoms with Crippen molar-refractivity contribution in [1.29, 1.82) is 0 Å². The van der Waals surface area contributed by atoms with Crippen LogP contribution in [0.4, 0.5) is 5.69 Å². The lowest BCUT2D eigenvalue weighted by Gasteiger charge is -2.14. The predicted molar refractivity (Wildman–Crippen MR) is 72.9 cm³/mol. The topological polar surface area (TPSA) is 90.7 Å². The molecule has 1 amide bonds. The molecule has 0 saturated carbocycles. The fraction of sp³-hybridized carbons (Fsp3) is 0.308. The lowest BCUT2D eigenvalue weighted by molar-refractivity contribution is -0.386. The Balaban J connectivity index is 2.88. The molecule has 1 rings (SSSR count). The Kier molecular flexibility index (Phi) is 5.52. The Labute approximate surface area is 116 Å². The van der Waals surface area contributed by atoms with E-state index in [1.165, 1.54) is 38.3 Å². The van der Waals surface area contributed by atoms with E-state index in [0.717, 1.165) is 0 Å². The first kappa shape index (κ1) is 15.5. The summed E-state index contributed by atoms with van der Waals surface area (Å²) in [5.74, 6) is -0.0279. The van der Waals surface area contributed by atoms with E-state index in [4.69, 9.17) is 9.47 Å². The van der Waals surface area contributed by atoms with Crippen molar-refractivity contribution in [3.8, 4) is 11.5 Å². The molecule has 0 bridgehead atoms. The van der Waals surface area contributed by atoms with E-state index in [9.17, 15) is 14.9 Å². The fourth-order valence-corrected chi connectivity index (χ4v) is 1.43. The second-order valence-corrected chi connectivity index (χ2v) is 3.88. The van der Waals surface area contributed by atoms with Gasteiger partial charge in [0.25, 0.3) is 5.91 Å². The first-order valence-corrected chi connectivity index (χ1v) is 5.87. The molecule has 0 spiro atoms. The molecule has 0 radical (unpaired) electrons. The summed E-state index contributed by atoms with van der Waals surface area (Å²) in [6.45, 7) is 5.28. The zero-order valence-electron chi connectivity index (χ0n) is 11.3. The van der Waals surface area contributed by atoms with Gasteiger partial charge in [-0.15, -0.1) is 6.58 Å². The molecule has 0 unspecified atom stereocenters. The van der Waals surface area contributed by atoms with Crippen LogP contribution in [0.25, 0.3) is 0 Å². The number of ether oxygens (including phenoxy) is 2. The predicted octanol–water partition coefficient (Wildman–Crippen LogP) is 1.67. The number of nitro benzene ring substituents is 1. The van der Waals surface area contributed by atoms with Crippen LogP contribution in [0, 0.1) is 10.1 Å². The van der Waals surface area contributed by atoms with Crippen LogP contribution in [0.1, 0.15) is 6.92 Å². The zero-order chi connectivity index (χ0) is 15.1. The van der Waals surface area contributed by atoms with Gasteiger partial charge in [0.1, 0.15) is 5.75 Å². The molecule has 1 N–H and O–H groups in total. The molecule has 1 aromatic carbocycles. The van der Waals surface area contributed by atoms with E-state index in [0.29, 0.717) is 12.3 Å². The maximum Gasteiger partial charge on any atom is 0.314 e. The molecule has 0 fully saturated rings. The van der Waals surface area contributed by atoms with Crippen molar-refractivity contribution in [2.75, 3.05) is 13.7 Å². The number of carbonyl (C=O) groups excluding carboxylic acids is 1. The number of hydrogen-bond acceptors (Lipinski definition) is 5. The van der Waals surface area contributed by atoms with Gasteiger partial charge in [-0.2, -0.15) is 0 Å². The third-order valence-electron chi connectivity index (χ3n) is 2.46. The molecule has 0 heterocycles. The number of hydrogen-bond donors (Lipinski definition) is 1. The molecule has 1 aromatic rings. The minimum atomic E-state index is -0.859. The van der Waals surface area contributed by atoms with E-state index in [1.54, 1.807) is 0 Å². The Hall–Kier alpha value is -2.57. The molecule has 0 aliphatic carbocycles. The number of benzene rings is 1. The van der Waals surface area contributed by atoms with Crippen LogP contribution in [-0.2, 0) is 4.79 Å².